The van der Waals surface area contributed by atoms with E-state index in [0.29, 0.717) is 6.54 Å². The first-order chi connectivity index (χ1) is 9.72. The molecule has 1 amide bonds. The molecule has 0 atom stereocenters. The number of aromatic nitrogens is 1. The van der Waals surface area contributed by atoms with E-state index >= 15 is 0 Å². The van der Waals surface area contributed by atoms with Gasteiger partial charge in [0, 0.05) is 24.5 Å². The summed E-state index contributed by atoms with van der Waals surface area (Å²) in [5.74, 6) is 0.255. The molecule has 0 saturated carbocycles. The maximum Gasteiger partial charge on any atom is 0.267 e. The molecule has 104 valence electrons. The first-order valence-electron chi connectivity index (χ1n) is 6.13. The maximum absolute atomic E-state index is 11.0. The molecular weight excluding hydrogens is 256 g/mol. The summed E-state index contributed by atoms with van der Waals surface area (Å²) in [6, 6.07) is 11.6. The zero-order valence-electron chi connectivity index (χ0n) is 11.1. The number of nitrogens with one attached hydrogen (secondary N) is 1. The van der Waals surface area contributed by atoms with Crippen LogP contribution in [0.4, 0.5) is 0 Å². The zero-order chi connectivity index (χ0) is 14.4. The van der Waals surface area contributed by atoms with E-state index in [1.54, 1.807) is 18.7 Å². The molecule has 0 fully saturated rings. The van der Waals surface area contributed by atoms with Crippen molar-refractivity contribution in [2.75, 3.05) is 7.11 Å². The normalized spacial score (nSPS) is 10.7. The van der Waals surface area contributed by atoms with Gasteiger partial charge >= 0.3 is 0 Å². The lowest BCUT2D eigenvalue weighted by Crippen LogP contribution is -2.15. The van der Waals surface area contributed by atoms with E-state index in [-0.39, 0.29) is 0 Å². The Balaban J connectivity index is 2.15. The third kappa shape index (κ3) is 3.49. The van der Waals surface area contributed by atoms with E-state index in [9.17, 15) is 4.79 Å². The molecule has 1 aromatic carbocycles. The Labute approximate surface area is 117 Å². The molecular formula is C15H16N2O3. The first-order valence-corrected chi connectivity index (χ1v) is 6.13. The summed E-state index contributed by atoms with van der Waals surface area (Å²) in [6.07, 6.45) is 4.85. The van der Waals surface area contributed by atoms with Crippen LogP contribution < -0.4 is 10.2 Å². The van der Waals surface area contributed by atoms with Crippen molar-refractivity contribution >= 4 is 12.0 Å². The second-order valence-electron chi connectivity index (χ2n) is 4.22. The molecule has 5 heteroatoms. The number of hydroxylamine groups is 1. The number of carbonyl (C=O) groups excluding carboxylic acids is 1. The number of carbonyl (C=O) groups is 1. The Bertz CT molecular complexity index is 617. The summed E-state index contributed by atoms with van der Waals surface area (Å²) >= 11 is 0. The molecule has 1 aromatic heterocycles. The minimum absolute atomic E-state index is 0.556. The van der Waals surface area contributed by atoms with Crippen molar-refractivity contribution in [3.05, 3.63) is 59.9 Å². The van der Waals surface area contributed by atoms with Crippen molar-refractivity contribution in [1.82, 2.24) is 10.0 Å². The molecule has 1 heterocycles. The Morgan fingerprint density at radius 2 is 2.25 bits per heavy atom. The minimum Gasteiger partial charge on any atom is -0.497 e. The molecule has 2 N–H and O–H groups in total. The molecule has 0 aliphatic heterocycles. The second-order valence-corrected chi connectivity index (χ2v) is 4.22. The topological polar surface area (TPSA) is 63.5 Å². The predicted octanol–water partition coefficient (Wildman–Crippen LogP) is 2.06. The van der Waals surface area contributed by atoms with Crippen LogP contribution in [-0.2, 0) is 11.3 Å². The number of methoxy groups -OCH3 is 1. The maximum atomic E-state index is 11.0. The fourth-order valence-corrected chi connectivity index (χ4v) is 1.89. The van der Waals surface area contributed by atoms with Gasteiger partial charge in [0.2, 0.25) is 0 Å². The molecule has 0 unspecified atom stereocenters. The number of ether oxygens (including phenoxy) is 1. The van der Waals surface area contributed by atoms with Crippen molar-refractivity contribution in [2.45, 2.75) is 6.54 Å². The van der Waals surface area contributed by atoms with E-state index in [1.165, 1.54) is 6.08 Å². The van der Waals surface area contributed by atoms with Crippen molar-refractivity contribution in [1.29, 1.82) is 0 Å². The number of amides is 1. The smallest absolute Gasteiger partial charge is 0.267 e. The van der Waals surface area contributed by atoms with Gasteiger partial charge in [-0.3, -0.25) is 10.0 Å². The molecule has 5 nitrogen and oxygen atoms in total. The summed E-state index contributed by atoms with van der Waals surface area (Å²) < 4.78 is 7.19. The van der Waals surface area contributed by atoms with Crippen LogP contribution in [0.3, 0.4) is 0 Å². The number of nitrogens with zero attached hydrogens (tertiary/aromatic N) is 1. The second kappa shape index (κ2) is 6.58. The van der Waals surface area contributed by atoms with E-state index in [4.69, 9.17) is 9.94 Å². The van der Waals surface area contributed by atoms with Crippen molar-refractivity contribution in [3.8, 4) is 5.75 Å². The molecule has 0 spiro atoms. The van der Waals surface area contributed by atoms with E-state index in [1.807, 2.05) is 47.2 Å². The van der Waals surface area contributed by atoms with Crippen molar-refractivity contribution < 1.29 is 14.7 Å². The van der Waals surface area contributed by atoms with E-state index < -0.39 is 5.91 Å². The molecule has 0 radical (unpaired) electrons. The molecule has 0 aliphatic rings. The standard InChI is InChI=1S/C15H16N2O3/c1-20-14-6-2-4-12(10-14)11-17-9-3-5-13(17)7-8-15(18)16-19/h2-10,19H,11H2,1H3,(H,16,18). The van der Waals surface area contributed by atoms with Crippen LogP contribution in [0.1, 0.15) is 11.3 Å². The van der Waals surface area contributed by atoms with Gasteiger partial charge in [-0.25, -0.2) is 5.48 Å². The van der Waals surface area contributed by atoms with Gasteiger partial charge in [-0.15, -0.1) is 0 Å². The van der Waals surface area contributed by atoms with Gasteiger partial charge in [-0.05, 0) is 35.9 Å². The lowest BCUT2D eigenvalue weighted by Gasteiger charge is -2.08. The zero-order valence-corrected chi connectivity index (χ0v) is 11.1. The molecule has 0 saturated heterocycles. The first kappa shape index (κ1) is 13.9. The van der Waals surface area contributed by atoms with E-state index in [2.05, 4.69) is 0 Å². The Morgan fingerprint density at radius 3 is 3.00 bits per heavy atom. The van der Waals surface area contributed by atoms with Gasteiger partial charge in [0.1, 0.15) is 5.75 Å². The average Bonchev–Trinajstić information content (AvgIpc) is 2.92. The highest BCUT2D eigenvalue weighted by Gasteiger charge is 2.01. The van der Waals surface area contributed by atoms with Crippen LogP contribution in [0.15, 0.2) is 48.7 Å². The van der Waals surface area contributed by atoms with Crippen LogP contribution in [0.2, 0.25) is 0 Å². The third-order valence-corrected chi connectivity index (χ3v) is 2.87. The van der Waals surface area contributed by atoms with E-state index in [0.717, 1.165) is 17.0 Å². The Hall–Kier alpha value is -2.53. The molecule has 0 aliphatic carbocycles. The highest BCUT2D eigenvalue weighted by Crippen LogP contribution is 2.15. The SMILES string of the molecule is COc1cccc(Cn2cccc2C=CC(=O)NO)c1. The fourth-order valence-electron chi connectivity index (χ4n) is 1.89. The van der Waals surface area contributed by atoms with Gasteiger partial charge in [0.05, 0.1) is 7.11 Å². The van der Waals surface area contributed by atoms with Crippen LogP contribution in [0, 0.1) is 0 Å². The molecule has 0 bridgehead atoms. The number of rotatable bonds is 5. The monoisotopic (exact) mass is 272 g/mol. The number of benzene rings is 1. The summed E-state index contributed by atoms with van der Waals surface area (Å²) in [7, 11) is 1.64. The highest BCUT2D eigenvalue weighted by molar-refractivity contribution is 5.90. The summed E-state index contributed by atoms with van der Waals surface area (Å²) in [5.41, 5.74) is 3.53. The lowest BCUT2D eigenvalue weighted by atomic mass is 10.2. The third-order valence-electron chi connectivity index (χ3n) is 2.87. The summed E-state index contributed by atoms with van der Waals surface area (Å²) in [6.45, 7) is 0.671. The molecule has 20 heavy (non-hydrogen) atoms. The predicted molar refractivity (Wildman–Crippen MR) is 75.5 cm³/mol. The summed E-state index contributed by atoms with van der Waals surface area (Å²) in [5, 5.41) is 8.45. The van der Waals surface area contributed by atoms with Crippen LogP contribution in [-0.4, -0.2) is 22.8 Å². The van der Waals surface area contributed by atoms with Gasteiger partial charge in [-0.1, -0.05) is 12.1 Å². The van der Waals surface area contributed by atoms with Crippen LogP contribution in [0.5, 0.6) is 5.75 Å². The van der Waals surface area contributed by atoms with Crippen molar-refractivity contribution in [2.24, 2.45) is 0 Å². The Morgan fingerprint density at radius 1 is 1.40 bits per heavy atom. The van der Waals surface area contributed by atoms with Crippen molar-refractivity contribution in [3.63, 3.8) is 0 Å². The quantitative estimate of drug-likeness (QED) is 0.497. The Kier molecular flexibility index (Phi) is 4.57. The van der Waals surface area contributed by atoms with Gasteiger partial charge in [0.25, 0.3) is 5.91 Å². The largest absolute Gasteiger partial charge is 0.497 e. The van der Waals surface area contributed by atoms with Gasteiger partial charge in [-0.2, -0.15) is 0 Å². The number of hydrogen-bond acceptors (Lipinski definition) is 3. The molecule has 2 rings (SSSR count). The van der Waals surface area contributed by atoms with Crippen LogP contribution >= 0.6 is 0 Å². The molecule has 2 aromatic rings. The minimum atomic E-state index is -0.556. The number of hydrogen-bond donors (Lipinski definition) is 2. The summed E-state index contributed by atoms with van der Waals surface area (Å²) in [4.78, 5) is 11.0. The van der Waals surface area contributed by atoms with Crippen LogP contribution in [0.25, 0.3) is 6.08 Å². The van der Waals surface area contributed by atoms with Gasteiger partial charge in [0.15, 0.2) is 0 Å². The average molecular weight is 272 g/mol. The fraction of sp³-hybridized carbons (Fsp3) is 0.133. The lowest BCUT2D eigenvalue weighted by molar-refractivity contribution is -0.124. The highest BCUT2D eigenvalue weighted by atomic mass is 16.5. The van der Waals surface area contributed by atoms with Gasteiger partial charge < -0.3 is 9.30 Å².